The molecule has 1 unspecified atom stereocenters. The highest BCUT2D eigenvalue weighted by molar-refractivity contribution is 6.00. The van der Waals surface area contributed by atoms with Crippen molar-refractivity contribution in [2.45, 2.75) is 70.8 Å². The van der Waals surface area contributed by atoms with Gasteiger partial charge in [-0.25, -0.2) is 0 Å². The molecular weight excluding hydrogens is 371 g/mol. The highest BCUT2D eigenvalue weighted by atomic mass is 19.4. The van der Waals surface area contributed by atoms with Crippen LogP contribution in [0.25, 0.3) is 0 Å². The number of halogens is 3. The predicted octanol–water partition coefficient (Wildman–Crippen LogP) is 4.70. The summed E-state index contributed by atoms with van der Waals surface area (Å²) in [6.07, 6.45) is -1.79. The Kier molecular flexibility index (Phi) is 5.94. The fourth-order valence-electron chi connectivity index (χ4n) is 4.42. The minimum atomic E-state index is -4.42. The lowest BCUT2D eigenvalue weighted by molar-refractivity contribution is -0.189. The summed E-state index contributed by atoms with van der Waals surface area (Å²) in [5.41, 5.74) is 0.328. The van der Waals surface area contributed by atoms with Crippen molar-refractivity contribution in [1.29, 1.82) is 0 Å². The van der Waals surface area contributed by atoms with Crippen molar-refractivity contribution in [3.8, 4) is 5.75 Å². The molecule has 1 aromatic rings. The van der Waals surface area contributed by atoms with Crippen LogP contribution in [0.1, 0.15) is 52.4 Å². The summed E-state index contributed by atoms with van der Waals surface area (Å²) in [5, 5.41) is 10.1. The smallest absolute Gasteiger partial charge is 0.425 e. The Bertz CT molecular complexity index is 681. The molecule has 2 aliphatic rings. The van der Waals surface area contributed by atoms with Crippen LogP contribution in [0.5, 0.6) is 5.75 Å². The van der Waals surface area contributed by atoms with Gasteiger partial charge in [0.25, 0.3) is 0 Å². The summed E-state index contributed by atoms with van der Waals surface area (Å²) >= 11 is 0. The van der Waals surface area contributed by atoms with Crippen molar-refractivity contribution in [2.24, 2.45) is 11.3 Å². The van der Waals surface area contributed by atoms with Gasteiger partial charge in [0, 0.05) is 12.2 Å². The average Bonchev–Trinajstić information content (AvgIpc) is 2.98. The number of nitrogens with zero attached hydrogens (tertiary/aromatic N) is 1. The van der Waals surface area contributed by atoms with E-state index in [-0.39, 0.29) is 29.1 Å². The number of carbonyl (C=O) groups excluding carboxylic acids is 1. The lowest BCUT2D eigenvalue weighted by atomic mass is 9.68. The first-order chi connectivity index (χ1) is 13.2. The minimum absolute atomic E-state index is 0.0919. The molecule has 1 aliphatic heterocycles. The van der Waals surface area contributed by atoms with E-state index < -0.39 is 12.3 Å². The van der Waals surface area contributed by atoms with E-state index >= 15 is 0 Å². The molecule has 28 heavy (non-hydrogen) atoms. The summed E-state index contributed by atoms with van der Waals surface area (Å²) in [5.74, 6) is 0.489. The van der Waals surface area contributed by atoms with E-state index in [1.54, 1.807) is 17.0 Å². The van der Waals surface area contributed by atoms with Crippen LogP contribution in [0.3, 0.4) is 0 Å². The average molecular weight is 399 g/mol. The zero-order valence-electron chi connectivity index (χ0n) is 16.3. The second-order valence-corrected chi connectivity index (χ2v) is 8.10. The number of amides is 1. The van der Waals surface area contributed by atoms with Crippen LogP contribution in [-0.2, 0) is 4.79 Å². The fourth-order valence-corrected chi connectivity index (χ4v) is 4.42. The second kappa shape index (κ2) is 7.93. The molecule has 0 radical (unpaired) electrons. The largest absolute Gasteiger partial charge is 0.481 e. The molecule has 1 N–H and O–H groups in total. The van der Waals surface area contributed by atoms with Crippen molar-refractivity contribution in [1.82, 2.24) is 0 Å². The molecule has 156 valence electrons. The van der Waals surface area contributed by atoms with Gasteiger partial charge in [0.2, 0.25) is 5.91 Å². The number of aliphatic hydroxyl groups excluding tert-OH is 1. The number of alkyl halides is 3. The van der Waals surface area contributed by atoms with E-state index in [0.717, 1.165) is 45.4 Å². The number of benzene rings is 1. The first-order valence-corrected chi connectivity index (χ1v) is 10.00. The Morgan fingerprint density at radius 3 is 2.36 bits per heavy atom. The highest BCUT2D eigenvalue weighted by Crippen LogP contribution is 2.48. The summed E-state index contributed by atoms with van der Waals surface area (Å²) in [7, 11) is 0. The van der Waals surface area contributed by atoms with E-state index in [1.165, 1.54) is 12.1 Å². The molecule has 1 amide bonds. The number of carbonyl (C=O) groups is 1. The van der Waals surface area contributed by atoms with Crippen LogP contribution in [-0.4, -0.2) is 35.9 Å². The molecule has 1 aromatic carbocycles. The Hall–Kier alpha value is -1.76. The number of ether oxygens (including phenoxy) is 1. The van der Waals surface area contributed by atoms with E-state index in [9.17, 15) is 23.1 Å². The minimum Gasteiger partial charge on any atom is -0.481 e. The molecule has 2 atom stereocenters. The maximum absolute atomic E-state index is 13.1. The molecule has 1 heterocycles. The molecular formula is C21H28F3NO3. The van der Waals surface area contributed by atoms with Crippen molar-refractivity contribution in [3.63, 3.8) is 0 Å². The van der Waals surface area contributed by atoms with Crippen LogP contribution in [0.4, 0.5) is 18.9 Å². The number of aliphatic hydroxyl groups is 1. The van der Waals surface area contributed by atoms with Crippen molar-refractivity contribution in [3.05, 3.63) is 24.3 Å². The summed E-state index contributed by atoms with van der Waals surface area (Å²) in [6.45, 7) is 3.55. The quantitative estimate of drug-likeness (QED) is 0.781. The van der Waals surface area contributed by atoms with Gasteiger partial charge in [-0.1, -0.05) is 6.92 Å². The van der Waals surface area contributed by atoms with Gasteiger partial charge in [-0.05, 0) is 75.6 Å². The topological polar surface area (TPSA) is 49.8 Å². The van der Waals surface area contributed by atoms with E-state index in [0.29, 0.717) is 12.2 Å². The zero-order valence-corrected chi connectivity index (χ0v) is 16.3. The Labute approximate surface area is 163 Å². The van der Waals surface area contributed by atoms with Gasteiger partial charge in [-0.3, -0.25) is 4.79 Å². The maximum atomic E-state index is 13.1. The Balaban J connectivity index is 1.64. The second-order valence-electron chi connectivity index (χ2n) is 8.10. The van der Waals surface area contributed by atoms with Gasteiger partial charge in [-0.15, -0.1) is 0 Å². The standard InChI is InChI=1S/C21H28F3NO3/c1-3-18(26)15-8-10-20(11-9-15)12-13-25(19(20)27)16-4-6-17(7-5-16)28-14(2)21(22,23)24/h4-7,14-15,18,26H,3,8-13H2,1-2H3/t14-,15-,18?,20+/m1/s1. The molecule has 2 fully saturated rings. The molecule has 1 aliphatic carbocycles. The molecule has 3 rings (SSSR count). The van der Waals surface area contributed by atoms with Gasteiger partial charge in [0.05, 0.1) is 11.5 Å². The van der Waals surface area contributed by atoms with E-state index in [4.69, 9.17) is 4.74 Å². The lowest BCUT2D eigenvalue weighted by Crippen LogP contribution is -2.39. The summed E-state index contributed by atoms with van der Waals surface area (Å²) in [4.78, 5) is 14.8. The summed E-state index contributed by atoms with van der Waals surface area (Å²) in [6, 6.07) is 6.23. The highest BCUT2D eigenvalue weighted by Gasteiger charge is 2.49. The molecule has 1 spiro atoms. The molecule has 7 heteroatoms. The number of hydrogen-bond acceptors (Lipinski definition) is 3. The third-order valence-corrected chi connectivity index (χ3v) is 6.38. The molecule has 4 nitrogen and oxygen atoms in total. The lowest BCUT2D eigenvalue weighted by Gasteiger charge is -2.37. The van der Waals surface area contributed by atoms with Crippen LogP contribution in [0.15, 0.2) is 24.3 Å². The number of rotatable bonds is 5. The number of hydrogen-bond donors (Lipinski definition) is 1. The first-order valence-electron chi connectivity index (χ1n) is 10.00. The first kappa shape index (κ1) is 21.0. The van der Waals surface area contributed by atoms with Gasteiger partial charge in [0.15, 0.2) is 6.10 Å². The van der Waals surface area contributed by atoms with E-state index in [1.807, 2.05) is 6.92 Å². The van der Waals surface area contributed by atoms with Crippen LogP contribution in [0, 0.1) is 11.3 Å². The fraction of sp³-hybridized carbons (Fsp3) is 0.667. The van der Waals surface area contributed by atoms with Crippen LogP contribution >= 0.6 is 0 Å². The predicted molar refractivity (Wildman–Crippen MR) is 100 cm³/mol. The Morgan fingerprint density at radius 2 is 1.82 bits per heavy atom. The zero-order chi connectivity index (χ0) is 20.5. The molecule has 0 aromatic heterocycles. The van der Waals surface area contributed by atoms with Gasteiger partial charge >= 0.3 is 6.18 Å². The van der Waals surface area contributed by atoms with Gasteiger partial charge < -0.3 is 14.7 Å². The molecule has 1 saturated heterocycles. The third kappa shape index (κ3) is 4.14. The molecule has 0 bridgehead atoms. The SMILES string of the molecule is CCC(O)[C@H]1CC[C@]2(CCN(c3ccc(O[C@H](C)C(F)(F)F)cc3)C2=O)CC1. The van der Waals surface area contributed by atoms with Crippen LogP contribution < -0.4 is 9.64 Å². The normalized spacial score (nSPS) is 27.9. The third-order valence-electron chi connectivity index (χ3n) is 6.38. The molecule has 1 saturated carbocycles. The monoisotopic (exact) mass is 399 g/mol. The Morgan fingerprint density at radius 1 is 1.21 bits per heavy atom. The van der Waals surface area contributed by atoms with Crippen molar-refractivity contribution in [2.75, 3.05) is 11.4 Å². The summed E-state index contributed by atoms with van der Waals surface area (Å²) < 4.78 is 42.8. The number of anilines is 1. The van der Waals surface area contributed by atoms with Crippen molar-refractivity contribution >= 4 is 11.6 Å². The van der Waals surface area contributed by atoms with E-state index in [2.05, 4.69) is 0 Å². The van der Waals surface area contributed by atoms with Gasteiger partial charge in [0.1, 0.15) is 5.75 Å². The van der Waals surface area contributed by atoms with Crippen LogP contribution in [0.2, 0.25) is 0 Å². The van der Waals surface area contributed by atoms with Gasteiger partial charge in [-0.2, -0.15) is 13.2 Å². The van der Waals surface area contributed by atoms with Crippen molar-refractivity contribution < 1.29 is 27.8 Å². The maximum Gasteiger partial charge on any atom is 0.425 e.